The number of carbonyl (C=O) groups excluding carboxylic acids is 3. The van der Waals surface area contributed by atoms with Crippen molar-refractivity contribution in [3.05, 3.63) is 80.4 Å². The van der Waals surface area contributed by atoms with Gasteiger partial charge in [0.05, 0.1) is 0 Å². The van der Waals surface area contributed by atoms with Crippen molar-refractivity contribution in [3.8, 4) is 0 Å². The summed E-state index contributed by atoms with van der Waals surface area (Å²) in [5.74, 6) is -1.08. The van der Waals surface area contributed by atoms with Gasteiger partial charge in [-0.05, 0) is 57.9 Å². The van der Waals surface area contributed by atoms with Crippen LogP contribution in [0, 0.1) is 27.7 Å². The molecular formula is C24H25ClN2O4. The molecule has 7 heteroatoms. The molecule has 2 heterocycles. The number of hydrogen-bond donors (Lipinski definition) is 1. The van der Waals surface area contributed by atoms with Crippen LogP contribution in [0.5, 0.6) is 0 Å². The highest BCUT2D eigenvalue weighted by molar-refractivity contribution is 6.31. The van der Waals surface area contributed by atoms with Crippen LogP contribution in [-0.4, -0.2) is 33.7 Å². The summed E-state index contributed by atoms with van der Waals surface area (Å²) in [4.78, 5) is 39.9. The topological polar surface area (TPSA) is 81.2 Å². The lowest BCUT2D eigenvalue weighted by atomic mass is 10.1. The molecule has 3 rings (SSSR count). The summed E-state index contributed by atoms with van der Waals surface area (Å²) in [5.41, 5.74) is 4.95. The third kappa shape index (κ3) is 4.49. The molecule has 2 aromatic heterocycles. The van der Waals surface area contributed by atoms with Crippen molar-refractivity contribution in [2.24, 2.45) is 0 Å². The maximum absolute atomic E-state index is 12.8. The Morgan fingerprint density at radius 2 is 1.77 bits per heavy atom. The first-order valence-electron chi connectivity index (χ1n) is 9.92. The SMILES string of the molecule is CC(=O)c1c(C)[nH]c(C(=O)OCC(=O)c2cc(C)n(Cc3ccccc3Cl)c2C)c1C. The van der Waals surface area contributed by atoms with Crippen LogP contribution >= 0.6 is 11.6 Å². The second kappa shape index (κ2) is 8.94. The fourth-order valence-corrected chi connectivity index (χ4v) is 4.08. The molecule has 0 unspecified atom stereocenters. The molecule has 0 bridgehead atoms. The third-order valence-electron chi connectivity index (χ3n) is 5.49. The van der Waals surface area contributed by atoms with Crippen LogP contribution in [0.2, 0.25) is 5.02 Å². The van der Waals surface area contributed by atoms with Crippen LogP contribution < -0.4 is 0 Å². The lowest BCUT2D eigenvalue weighted by Gasteiger charge is -2.11. The molecule has 0 fully saturated rings. The number of ether oxygens (including phenoxy) is 1. The van der Waals surface area contributed by atoms with Crippen molar-refractivity contribution >= 4 is 29.1 Å². The van der Waals surface area contributed by atoms with E-state index in [0.29, 0.717) is 34.0 Å². The number of ketones is 2. The van der Waals surface area contributed by atoms with Crippen LogP contribution in [-0.2, 0) is 11.3 Å². The first-order valence-corrected chi connectivity index (χ1v) is 10.3. The lowest BCUT2D eigenvalue weighted by Crippen LogP contribution is -2.16. The number of H-pyrrole nitrogens is 1. The Labute approximate surface area is 186 Å². The number of benzene rings is 1. The zero-order valence-corrected chi connectivity index (χ0v) is 19.0. The normalized spacial score (nSPS) is 10.9. The van der Waals surface area contributed by atoms with Crippen molar-refractivity contribution in [3.63, 3.8) is 0 Å². The Bertz CT molecular complexity index is 1190. The number of nitrogens with one attached hydrogen (secondary N) is 1. The quantitative estimate of drug-likeness (QED) is 0.414. The number of aromatic nitrogens is 2. The number of esters is 1. The average molecular weight is 441 g/mol. The molecule has 0 aliphatic carbocycles. The van der Waals surface area contributed by atoms with Gasteiger partial charge in [-0.25, -0.2) is 4.79 Å². The van der Waals surface area contributed by atoms with Gasteiger partial charge in [0.2, 0.25) is 5.78 Å². The summed E-state index contributed by atoms with van der Waals surface area (Å²) in [6.45, 7) is 8.78. The summed E-state index contributed by atoms with van der Waals surface area (Å²) in [6, 6.07) is 9.36. The van der Waals surface area contributed by atoms with E-state index in [2.05, 4.69) is 4.98 Å². The van der Waals surface area contributed by atoms with Crippen molar-refractivity contribution in [1.82, 2.24) is 9.55 Å². The average Bonchev–Trinajstić information content (AvgIpc) is 3.17. The first kappa shape index (κ1) is 22.6. The van der Waals surface area contributed by atoms with Gasteiger partial charge in [-0.3, -0.25) is 9.59 Å². The van der Waals surface area contributed by atoms with Gasteiger partial charge in [0.1, 0.15) is 5.69 Å². The molecule has 6 nitrogen and oxygen atoms in total. The van der Waals surface area contributed by atoms with Gasteiger partial charge in [-0.15, -0.1) is 0 Å². The summed E-state index contributed by atoms with van der Waals surface area (Å²) >= 11 is 6.27. The van der Waals surface area contributed by atoms with Gasteiger partial charge < -0.3 is 14.3 Å². The van der Waals surface area contributed by atoms with E-state index in [1.54, 1.807) is 19.9 Å². The van der Waals surface area contributed by atoms with Gasteiger partial charge in [0.15, 0.2) is 12.4 Å². The summed E-state index contributed by atoms with van der Waals surface area (Å²) in [7, 11) is 0. The van der Waals surface area contributed by atoms with Gasteiger partial charge in [0, 0.05) is 39.8 Å². The van der Waals surface area contributed by atoms with Gasteiger partial charge >= 0.3 is 5.97 Å². The number of rotatable bonds is 7. The van der Waals surface area contributed by atoms with Crippen LogP contribution in [0.4, 0.5) is 0 Å². The fourth-order valence-electron chi connectivity index (χ4n) is 3.89. The number of aryl methyl sites for hydroxylation is 2. The number of aromatic amines is 1. The predicted octanol–water partition coefficient (Wildman–Crippen LogP) is 4.99. The maximum atomic E-state index is 12.8. The van der Waals surface area contributed by atoms with Crippen LogP contribution in [0.1, 0.15) is 66.3 Å². The second-order valence-electron chi connectivity index (χ2n) is 7.64. The molecular weight excluding hydrogens is 416 g/mol. The summed E-state index contributed by atoms with van der Waals surface area (Å²) in [5, 5.41) is 0.665. The lowest BCUT2D eigenvalue weighted by molar-refractivity contribution is 0.0468. The second-order valence-corrected chi connectivity index (χ2v) is 8.05. The van der Waals surface area contributed by atoms with Crippen molar-refractivity contribution in [2.75, 3.05) is 6.61 Å². The zero-order valence-electron chi connectivity index (χ0n) is 18.3. The molecule has 0 aliphatic heterocycles. The van der Waals surface area contributed by atoms with E-state index in [1.165, 1.54) is 6.92 Å². The van der Waals surface area contributed by atoms with Crippen molar-refractivity contribution in [1.29, 1.82) is 0 Å². The Hall–Kier alpha value is -3.12. The summed E-state index contributed by atoms with van der Waals surface area (Å²) in [6.07, 6.45) is 0. The van der Waals surface area contributed by atoms with E-state index >= 15 is 0 Å². The predicted molar refractivity (Wildman–Crippen MR) is 119 cm³/mol. The highest BCUT2D eigenvalue weighted by Gasteiger charge is 2.23. The molecule has 31 heavy (non-hydrogen) atoms. The van der Waals surface area contributed by atoms with Gasteiger partial charge in [-0.1, -0.05) is 29.8 Å². The molecule has 0 radical (unpaired) electrons. The standard InChI is InChI=1S/C24H25ClN2O4/c1-13-10-19(16(4)27(13)11-18-8-6-7-9-20(18)25)21(29)12-31-24(30)23-14(2)22(17(5)28)15(3)26-23/h6-10,26H,11-12H2,1-5H3. The molecule has 0 atom stereocenters. The Balaban J connectivity index is 1.75. The minimum atomic E-state index is -0.661. The monoisotopic (exact) mass is 440 g/mol. The number of halogens is 1. The fraction of sp³-hybridized carbons (Fsp3) is 0.292. The molecule has 1 N–H and O–H groups in total. The van der Waals surface area contributed by atoms with Gasteiger partial charge in [-0.2, -0.15) is 0 Å². The largest absolute Gasteiger partial charge is 0.453 e. The van der Waals surface area contributed by atoms with Gasteiger partial charge in [0.25, 0.3) is 0 Å². The molecule has 0 amide bonds. The summed E-state index contributed by atoms with van der Waals surface area (Å²) < 4.78 is 7.26. The molecule has 0 saturated carbocycles. The van der Waals surface area contributed by atoms with E-state index in [0.717, 1.165) is 17.0 Å². The molecule has 0 aliphatic rings. The van der Waals surface area contributed by atoms with E-state index in [9.17, 15) is 14.4 Å². The van der Waals surface area contributed by atoms with Crippen LogP contribution in [0.15, 0.2) is 30.3 Å². The number of Topliss-reactive ketones (excluding diaryl/α,β-unsaturated/α-hetero) is 2. The van der Waals surface area contributed by atoms with Crippen molar-refractivity contribution in [2.45, 2.75) is 41.2 Å². The number of carbonyl (C=O) groups is 3. The molecule has 1 aromatic carbocycles. The Morgan fingerprint density at radius 3 is 2.39 bits per heavy atom. The highest BCUT2D eigenvalue weighted by atomic mass is 35.5. The first-order chi connectivity index (χ1) is 14.6. The maximum Gasteiger partial charge on any atom is 0.355 e. The zero-order chi connectivity index (χ0) is 22.9. The number of nitrogens with zero attached hydrogens (tertiary/aromatic N) is 1. The molecule has 162 valence electrons. The highest BCUT2D eigenvalue weighted by Crippen LogP contribution is 2.22. The molecule has 0 spiro atoms. The van der Waals surface area contributed by atoms with E-state index in [1.807, 2.05) is 42.7 Å². The van der Waals surface area contributed by atoms with E-state index < -0.39 is 5.97 Å². The van der Waals surface area contributed by atoms with E-state index in [-0.39, 0.29) is 23.9 Å². The van der Waals surface area contributed by atoms with Crippen LogP contribution in [0.25, 0.3) is 0 Å². The molecule has 3 aromatic rings. The number of hydrogen-bond acceptors (Lipinski definition) is 4. The van der Waals surface area contributed by atoms with Crippen molar-refractivity contribution < 1.29 is 19.1 Å². The minimum Gasteiger partial charge on any atom is -0.453 e. The smallest absolute Gasteiger partial charge is 0.355 e. The third-order valence-corrected chi connectivity index (χ3v) is 5.86. The Kier molecular flexibility index (Phi) is 6.51. The minimum absolute atomic E-state index is 0.132. The Morgan fingerprint density at radius 1 is 1.10 bits per heavy atom. The van der Waals surface area contributed by atoms with E-state index in [4.69, 9.17) is 16.3 Å². The van der Waals surface area contributed by atoms with Crippen LogP contribution in [0.3, 0.4) is 0 Å². The molecule has 0 saturated heterocycles.